The Labute approximate surface area is 111 Å². The second-order valence-corrected chi connectivity index (χ2v) is 4.10. The summed E-state index contributed by atoms with van der Waals surface area (Å²) in [7, 11) is 0. The third kappa shape index (κ3) is 3.93. The van der Waals surface area contributed by atoms with Crippen molar-refractivity contribution < 1.29 is 37.2 Å². The molecule has 1 fully saturated rings. The highest BCUT2D eigenvalue weighted by Gasteiger charge is 2.39. The Balaban J connectivity index is 2.46. The molecule has 10 heteroatoms. The lowest BCUT2D eigenvalue weighted by Gasteiger charge is -2.16. The van der Waals surface area contributed by atoms with Crippen LogP contribution in [-0.4, -0.2) is 41.5 Å². The van der Waals surface area contributed by atoms with Gasteiger partial charge in [-0.15, -0.1) is 5.06 Å². The van der Waals surface area contributed by atoms with Crippen molar-refractivity contribution in [2.24, 2.45) is 5.92 Å². The van der Waals surface area contributed by atoms with E-state index >= 15 is 0 Å². The van der Waals surface area contributed by atoms with Crippen LogP contribution in [0.3, 0.4) is 0 Å². The van der Waals surface area contributed by atoms with E-state index in [4.69, 9.17) is 0 Å². The average Bonchev–Trinajstić information content (AvgIpc) is 2.65. The molecule has 1 aliphatic rings. The van der Waals surface area contributed by atoms with Crippen LogP contribution in [0.2, 0.25) is 0 Å². The molecular formula is C10H11F3N2O5. The van der Waals surface area contributed by atoms with Crippen molar-refractivity contribution in [3.63, 3.8) is 0 Å². The number of carbonyl (C=O) groups is 4. The van der Waals surface area contributed by atoms with Gasteiger partial charge in [0.1, 0.15) is 0 Å². The van der Waals surface area contributed by atoms with E-state index < -0.39 is 42.3 Å². The van der Waals surface area contributed by atoms with Crippen LogP contribution in [0.4, 0.5) is 13.2 Å². The van der Waals surface area contributed by atoms with Crippen LogP contribution >= 0.6 is 0 Å². The summed E-state index contributed by atoms with van der Waals surface area (Å²) in [5.74, 6) is -5.83. The van der Waals surface area contributed by atoms with Gasteiger partial charge >= 0.3 is 18.1 Å². The summed E-state index contributed by atoms with van der Waals surface area (Å²) in [6.07, 6.45) is -5.24. The predicted molar refractivity (Wildman–Crippen MR) is 55.4 cm³/mol. The molecule has 7 nitrogen and oxygen atoms in total. The molecule has 1 atom stereocenters. The number of alkyl halides is 3. The minimum atomic E-state index is -5.05. The molecule has 1 N–H and O–H groups in total. The zero-order chi connectivity index (χ0) is 15.5. The lowest BCUT2D eigenvalue weighted by atomic mass is 10.2. The van der Waals surface area contributed by atoms with Crippen LogP contribution in [0.5, 0.6) is 0 Å². The van der Waals surface area contributed by atoms with Crippen LogP contribution in [-0.2, 0) is 24.0 Å². The standard InChI is InChI=1S/C10H11F3N2O5/c1-5(4-14-9(19)10(11,12)13)8(18)20-15-6(16)2-3-7(15)17/h5H,2-4H2,1H3,(H,14,19). The van der Waals surface area contributed by atoms with Gasteiger partial charge < -0.3 is 10.2 Å². The number of hydrogen-bond donors (Lipinski definition) is 1. The van der Waals surface area contributed by atoms with Crippen LogP contribution in [0, 0.1) is 5.92 Å². The molecule has 1 saturated heterocycles. The van der Waals surface area contributed by atoms with Crippen LogP contribution in [0.15, 0.2) is 0 Å². The summed E-state index contributed by atoms with van der Waals surface area (Å²) in [6.45, 7) is 0.553. The van der Waals surface area contributed by atoms with E-state index in [2.05, 4.69) is 4.84 Å². The quantitative estimate of drug-likeness (QED) is 0.732. The molecule has 0 aromatic carbocycles. The summed E-state index contributed by atoms with van der Waals surface area (Å²) < 4.78 is 35.7. The van der Waals surface area contributed by atoms with Crippen LogP contribution in [0.25, 0.3) is 0 Å². The number of nitrogens with zero attached hydrogens (tertiary/aromatic N) is 1. The minimum absolute atomic E-state index is 0.0920. The molecule has 0 saturated carbocycles. The maximum atomic E-state index is 11.9. The van der Waals surface area contributed by atoms with E-state index in [1.54, 1.807) is 0 Å². The molecule has 0 radical (unpaired) electrons. The van der Waals surface area contributed by atoms with Crippen molar-refractivity contribution >= 4 is 23.7 Å². The van der Waals surface area contributed by atoms with Crippen molar-refractivity contribution in [3.05, 3.63) is 0 Å². The maximum absolute atomic E-state index is 11.9. The lowest BCUT2D eigenvalue weighted by Crippen LogP contribution is -2.42. The van der Waals surface area contributed by atoms with Crippen LogP contribution < -0.4 is 5.32 Å². The van der Waals surface area contributed by atoms with Crippen molar-refractivity contribution in [1.82, 2.24) is 10.4 Å². The maximum Gasteiger partial charge on any atom is 0.471 e. The third-order valence-electron chi connectivity index (χ3n) is 2.42. The van der Waals surface area contributed by atoms with E-state index in [-0.39, 0.29) is 17.9 Å². The number of halogens is 3. The minimum Gasteiger partial charge on any atom is -0.347 e. The van der Waals surface area contributed by atoms with Gasteiger partial charge in [0.05, 0.1) is 5.92 Å². The van der Waals surface area contributed by atoms with Gasteiger partial charge in [0.2, 0.25) is 0 Å². The number of amides is 3. The number of nitrogens with one attached hydrogen (secondary N) is 1. The van der Waals surface area contributed by atoms with Gasteiger partial charge in [0, 0.05) is 19.4 Å². The number of rotatable bonds is 4. The Kier molecular flexibility index (Phi) is 4.69. The highest BCUT2D eigenvalue weighted by atomic mass is 19.4. The molecule has 0 spiro atoms. The number of carbonyl (C=O) groups excluding carboxylic acids is 4. The molecule has 0 aliphatic carbocycles. The van der Waals surface area contributed by atoms with Gasteiger partial charge in [-0.05, 0) is 0 Å². The first-order valence-electron chi connectivity index (χ1n) is 5.55. The Morgan fingerprint density at radius 2 is 1.80 bits per heavy atom. The fourth-order valence-electron chi connectivity index (χ4n) is 1.27. The summed E-state index contributed by atoms with van der Waals surface area (Å²) in [6, 6.07) is 0. The predicted octanol–water partition coefficient (Wildman–Crippen LogP) is -0.0918. The Morgan fingerprint density at radius 1 is 1.30 bits per heavy atom. The van der Waals surface area contributed by atoms with E-state index in [0.717, 1.165) is 0 Å². The van der Waals surface area contributed by atoms with Crippen molar-refractivity contribution in [3.8, 4) is 0 Å². The fraction of sp³-hybridized carbons (Fsp3) is 0.600. The molecule has 112 valence electrons. The lowest BCUT2D eigenvalue weighted by molar-refractivity contribution is -0.200. The second kappa shape index (κ2) is 5.88. The smallest absolute Gasteiger partial charge is 0.347 e. The SMILES string of the molecule is CC(CNC(=O)C(F)(F)F)C(=O)ON1C(=O)CCC1=O. The summed E-state index contributed by atoms with van der Waals surface area (Å²) >= 11 is 0. The van der Waals surface area contributed by atoms with E-state index in [1.807, 2.05) is 0 Å². The summed E-state index contributed by atoms with van der Waals surface area (Å²) in [5.41, 5.74) is 0. The molecule has 1 rings (SSSR count). The zero-order valence-electron chi connectivity index (χ0n) is 10.3. The topological polar surface area (TPSA) is 92.8 Å². The first kappa shape index (κ1) is 15.9. The zero-order valence-corrected chi connectivity index (χ0v) is 10.3. The van der Waals surface area contributed by atoms with Gasteiger partial charge in [-0.3, -0.25) is 14.4 Å². The Hall–Kier alpha value is -2.13. The summed E-state index contributed by atoms with van der Waals surface area (Å²) in [5, 5.41) is 1.78. The number of imide groups is 1. The summed E-state index contributed by atoms with van der Waals surface area (Å²) in [4.78, 5) is 48.8. The Bertz CT molecular complexity index is 433. The van der Waals surface area contributed by atoms with Gasteiger partial charge in [-0.25, -0.2) is 4.79 Å². The van der Waals surface area contributed by atoms with Gasteiger partial charge in [-0.1, -0.05) is 6.92 Å². The van der Waals surface area contributed by atoms with Crippen LogP contribution in [0.1, 0.15) is 19.8 Å². The van der Waals surface area contributed by atoms with Crippen molar-refractivity contribution in [2.45, 2.75) is 25.9 Å². The van der Waals surface area contributed by atoms with Crippen molar-refractivity contribution in [2.75, 3.05) is 6.54 Å². The molecule has 1 aliphatic heterocycles. The largest absolute Gasteiger partial charge is 0.471 e. The van der Waals surface area contributed by atoms with E-state index in [0.29, 0.717) is 0 Å². The average molecular weight is 296 g/mol. The molecule has 0 aromatic rings. The van der Waals surface area contributed by atoms with E-state index in [1.165, 1.54) is 12.2 Å². The van der Waals surface area contributed by atoms with Gasteiger partial charge in [-0.2, -0.15) is 13.2 Å². The molecule has 0 bridgehead atoms. The fourth-order valence-corrected chi connectivity index (χ4v) is 1.27. The van der Waals surface area contributed by atoms with Gasteiger partial charge in [0.15, 0.2) is 0 Å². The second-order valence-electron chi connectivity index (χ2n) is 4.10. The first-order valence-corrected chi connectivity index (χ1v) is 5.55. The highest BCUT2D eigenvalue weighted by molar-refractivity contribution is 6.01. The number of hydrogen-bond acceptors (Lipinski definition) is 5. The van der Waals surface area contributed by atoms with E-state index in [9.17, 15) is 32.3 Å². The molecule has 3 amide bonds. The molecular weight excluding hydrogens is 285 g/mol. The Morgan fingerprint density at radius 3 is 2.25 bits per heavy atom. The molecule has 1 unspecified atom stereocenters. The number of hydroxylamine groups is 2. The molecule has 20 heavy (non-hydrogen) atoms. The first-order chi connectivity index (χ1) is 9.12. The molecule has 0 aromatic heterocycles. The molecule has 1 heterocycles. The monoisotopic (exact) mass is 296 g/mol. The van der Waals surface area contributed by atoms with Gasteiger partial charge in [0.25, 0.3) is 11.8 Å². The van der Waals surface area contributed by atoms with Crippen molar-refractivity contribution in [1.29, 1.82) is 0 Å². The highest BCUT2D eigenvalue weighted by Crippen LogP contribution is 2.15. The third-order valence-corrected chi connectivity index (χ3v) is 2.42. The normalized spacial score (nSPS) is 17.1.